The van der Waals surface area contributed by atoms with Gasteiger partial charge in [-0.15, -0.1) is 11.3 Å². The number of aromatic nitrogens is 2. The van der Waals surface area contributed by atoms with Crippen LogP contribution in [0.25, 0.3) is 11.0 Å². The highest BCUT2D eigenvalue weighted by atomic mass is 35.5. The zero-order valence-electron chi connectivity index (χ0n) is 20.9. The summed E-state index contributed by atoms with van der Waals surface area (Å²) >= 11 is 7.65. The largest absolute Gasteiger partial charge is 0.380 e. The number of nitrogens with one attached hydrogen (secondary N) is 1. The molecular formula is C28H29ClN4O4S. The topological polar surface area (TPSA) is 108 Å². The third kappa shape index (κ3) is 5.47. The van der Waals surface area contributed by atoms with E-state index in [0.29, 0.717) is 18.1 Å². The molecule has 0 unspecified atom stereocenters. The maximum atomic E-state index is 13.0. The van der Waals surface area contributed by atoms with Gasteiger partial charge in [-0.3, -0.25) is 9.59 Å². The van der Waals surface area contributed by atoms with E-state index in [0.717, 1.165) is 45.0 Å². The van der Waals surface area contributed by atoms with Crippen LogP contribution in [0.3, 0.4) is 0 Å². The third-order valence-electron chi connectivity index (χ3n) is 6.90. The minimum absolute atomic E-state index is 0.181. The van der Waals surface area contributed by atoms with Crippen molar-refractivity contribution in [2.75, 3.05) is 6.54 Å². The van der Waals surface area contributed by atoms with Gasteiger partial charge < -0.3 is 25.0 Å². The first-order valence-corrected chi connectivity index (χ1v) is 13.7. The Morgan fingerprint density at radius 3 is 2.71 bits per heavy atom. The van der Waals surface area contributed by atoms with E-state index in [9.17, 15) is 19.8 Å². The Morgan fingerprint density at radius 2 is 1.89 bits per heavy atom. The average Bonchev–Trinajstić information content (AvgIpc) is 3.65. The SMILES string of the molecule is Cc1nc2ccccc2n1Cc1ccc(CNC(=O)[C@H](O)[C@@H](O)C(=O)N2CCC[C@@H]2c2cccc(Cl)c2)s1. The highest BCUT2D eigenvalue weighted by Crippen LogP contribution is 2.33. The molecule has 3 atom stereocenters. The number of fused-ring (bicyclic) bond motifs is 1. The summed E-state index contributed by atoms with van der Waals surface area (Å²) in [5.41, 5.74) is 2.87. The summed E-state index contributed by atoms with van der Waals surface area (Å²) < 4.78 is 2.14. The Kier molecular flexibility index (Phi) is 7.80. The first-order chi connectivity index (χ1) is 18.3. The molecule has 0 spiro atoms. The third-order valence-corrected chi connectivity index (χ3v) is 8.21. The number of carbonyl (C=O) groups is 2. The van der Waals surface area contributed by atoms with Crippen LogP contribution in [0.1, 0.15) is 40.0 Å². The van der Waals surface area contributed by atoms with Crippen LogP contribution in [0.15, 0.2) is 60.7 Å². The number of aliphatic hydroxyl groups excluding tert-OH is 2. The van der Waals surface area contributed by atoms with Crippen LogP contribution in [0, 0.1) is 6.92 Å². The summed E-state index contributed by atoms with van der Waals surface area (Å²) in [6.07, 6.45) is -2.25. The highest BCUT2D eigenvalue weighted by Gasteiger charge is 2.38. The maximum absolute atomic E-state index is 13.0. The number of nitrogens with zero attached hydrogens (tertiary/aromatic N) is 3. The predicted molar refractivity (Wildman–Crippen MR) is 147 cm³/mol. The molecule has 38 heavy (non-hydrogen) atoms. The van der Waals surface area contributed by atoms with E-state index in [1.165, 1.54) is 4.90 Å². The number of halogens is 1. The van der Waals surface area contributed by atoms with Gasteiger partial charge in [-0.25, -0.2) is 4.98 Å². The van der Waals surface area contributed by atoms with Gasteiger partial charge in [0.2, 0.25) is 0 Å². The van der Waals surface area contributed by atoms with Crippen LogP contribution in [0.2, 0.25) is 5.02 Å². The van der Waals surface area contributed by atoms with Crippen molar-refractivity contribution < 1.29 is 19.8 Å². The lowest BCUT2D eigenvalue weighted by Gasteiger charge is -2.28. The number of hydrogen-bond donors (Lipinski definition) is 3. The molecule has 2 amide bonds. The smallest absolute Gasteiger partial charge is 0.255 e. The van der Waals surface area contributed by atoms with Crippen molar-refractivity contribution in [1.82, 2.24) is 19.8 Å². The van der Waals surface area contributed by atoms with Crippen molar-refractivity contribution in [1.29, 1.82) is 0 Å². The summed E-state index contributed by atoms with van der Waals surface area (Å²) in [7, 11) is 0. The second-order valence-corrected chi connectivity index (χ2v) is 11.1. The number of aliphatic hydroxyl groups is 2. The summed E-state index contributed by atoms with van der Waals surface area (Å²) in [6, 6.07) is 18.9. The van der Waals surface area contributed by atoms with Crippen LogP contribution in [0.5, 0.6) is 0 Å². The van der Waals surface area contributed by atoms with E-state index in [4.69, 9.17) is 11.6 Å². The van der Waals surface area contributed by atoms with Crippen LogP contribution in [0.4, 0.5) is 0 Å². The van der Waals surface area contributed by atoms with Gasteiger partial charge in [0.1, 0.15) is 5.82 Å². The number of aryl methyl sites for hydroxylation is 1. The Labute approximate surface area is 229 Å². The summed E-state index contributed by atoms with van der Waals surface area (Å²) in [6.45, 7) is 3.25. The Morgan fingerprint density at radius 1 is 1.11 bits per heavy atom. The second kappa shape index (κ2) is 11.2. The number of likely N-dealkylation sites (tertiary alicyclic amines) is 1. The average molecular weight is 553 g/mol. The predicted octanol–water partition coefficient (Wildman–Crippen LogP) is 3.81. The molecule has 198 valence electrons. The van der Waals surface area contributed by atoms with E-state index in [2.05, 4.69) is 14.9 Å². The van der Waals surface area contributed by atoms with E-state index < -0.39 is 24.0 Å². The minimum atomic E-state index is -1.87. The molecule has 4 aromatic rings. The minimum Gasteiger partial charge on any atom is -0.380 e. The van der Waals surface area contributed by atoms with Crippen molar-refractivity contribution in [2.45, 2.75) is 51.1 Å². The molecule has 1 saturated heterocycles. The van der Waals surface area contributed by atoms with Crippen LogP contribution >= 0.6 is 22.9 Å². The first kappa shape index (κ1) is 26.4. The summed E-state index contributed by atoms with van der Waals surface area (Å²) in [5.74, 6) is -0.543. The molecule has 8 nitrogen and oxygen atoms in total. The van der Waals surface area contributed by atoms with Crippen molar-refractivity contribution >= 4 is 45.8 Å². The van der Waals surface area contributed by atoms with Crippen molar-refractivity contribution in [3.05, 3.63) is 86.8 Å². The van der Waals surface area contributed by atoms with E-state index in [1.807, 2.05) is 55.5 Å². The molecule has 0 bridgehead atoms. The molecule has 3 heterocycles. The molecule has 1 aliphatic heterocycles. The molecule has 1 fully saturated rings. The van der Waals surface area contributed by atoms with Crippen molar-refractivity contribution in [3.63, 3.8) is 0 Å². The van der Waals surface area contributed by atoms with Gasteiger partial charge in [0.25, 0.3) is 11.8 Å². The molecule has 0 saturated carbocycles. The fourth-order valence-corrected chi connectivity index (χ4v) is 6.12. The lowest BCUT2D eigenvalue weighted by molar-refractivity contribution is -0.153. The zero-order chi connectivity index (χ0) is 26.8. The second-order valence-electron chi connectivity index (χ2n) is 9.45. The standard InChI is InChI=1S/C28H29ClN4O4S/c1-17-31-22-8-2-3-9-24(22)33(17)16-21-12-11-20(38-21)15-30-27(36)25(34)26(35)28(37)32-13-5-10-23(32)18-6-4-7-19(29)14-18/h2-4,6-9,11-12,14,23,25-26,34-35H,5,10,13,15-16H2,1H3,(H,30,36)/t23-,25-,26-/m1/s1. The highest BCUT2D eigenvalue weighted by molar-refractivity contribution is 7.12. The first-order valence-electron chi connectivity index (χ1n) is 12.5. The van der Waals surface area contributed by atoms with Gasteiger partial charge in [0, 0.05) is 21.3 Å². The van der Waals surface area contributed by atoms with Gasteiger partial charge in [-0.2, -0.15) is 0 Å². The van der Waals surface area contributed by atoms with Crippen molar-refractivity contribution in [2.24, 2.45) is 0 Å². The number of imidazole rings is 1. The Balaban J connectivity index is 1.18. The fourth-order valence-electron chi connectivity index (χ4n) is 4.97. The van der Waals surface area contributed by atoms with Gasteiger partial charge >= 0.3 is 0 Å². The zero-order valence-corrected chi connectivity index (χ0v) is 22.5. The van der Waals surface area contributed by atoms with Gasteiger partial charge in [0.05, 0.1) is 30.2 Å². The van der Waals surface area contributed by atoms with Crippen LogP contribution < -0.4 is 5.32 Å². The monoisotopic (exact) mass is 552 g/mol. The van der Waals surface area contributed by atoms with E-state index >= 15 is 0 Å². The van der Waals surface area contributed by atoms with Crippen LogP contribution in [-0.4, -0.2) is 55.2 Å². The summed E-state index contributed by atoms with van der Waals surface area (Å²) in [5, 5.41) is 24.2. The molecule has 1 aliphatic rings. The molecule has 5 rings (SSSR count). The molecular weight excluding hydrogens is 524 g/mol. The lowest BCUT2D eigenvalue weighted by Crippen LogP contribution is -2.50. The van der Waals surface area contributed by atoms with Crippen LogP contribution in [-0.2, 0) is 22.7 Å². The van der Waals surface area contributed by atoms with Gasteiger partial charge in [-0.1, -0.05) is 35.9 Å². The Hall–Kier alpha value is -3.24. The van der Waals surface area contributed by atoms with Gasteiger partial charge in [0.15, 0.2) is 12.2 Å². The Bertz CT molecular complexity index is 1470. The van der Waals surface area contributed by atoms with Gasteiger partial charge in [-0.05, 0) is 61.7 Å². The lowest BCUT2D eigenvalue weighted by atomic mass is 10.0. The number of para-hydroxylation sites is 2. The number of carbonyl (C=O) groups excluding carboxylic acids is 2. The van der Waals surface area contributed by atoms with Crippen molar-refractivity contribution in [3.8, 4) is 0 Å². The van der Waals surface area contributed by atoms with E-state index in [1.54, 1.807) is 23.5 Å². The molecule has 2 aromatic carbocycles. The molecule has 3 N–H and O–H groups in total. The normalized spacial score (nSPS) is 17.1. The molecule has 10 heteroatoms. The number of benzene rings is 2. The fraction of sp³-hybridized carbons (Fsp3) is 0.321. The quantitative estimate of drug-likeness (QED) is 0.308. The number of thiophene rings is 1. The van der Waals surface area contributed by atoms with E-state index in [-0.39, 0.29) is 12.6 Å². The number of rotatable bonds is 8. The number of hydrogen-bond acceptors (Lipinski definition) is 6. The molecule has 0 aliphatic carbocycles. The molecule has 0 radical (unpaired) electrons. The maximum Gasteiger partial charge on any atom is 0.255 e. The summed E-state index contributed by atoms with van der Waals surface area (Å²) in [4.78, 5) is 33.7. The molecule has 2 aromatic heterocycles. The number of amides is 2.